The Balaban J connectivity index is 2.46. The Labute approximate surface area is 123 Å². The number of benzene rings is 1. The van der Waals surface area contributed by atoms with Gasteiger partial charge in [-0.2, -0.15) is 0 Å². The Morgan fingerprint density at radius 2 is 2.15 bits per heavy atom. The molecule has 1 heterocycles. The summed E-state index contributed by atoms with van der Waals surface area (Å²) in [6.07, 6.45) is 1.71. The molecule has 0 radical (unpaired) electrons. The minimum absolute atomic E-state index is 0.0764. The zero-order valence-corrected chi connectivity index (χ0v) is 12.4. The zero-order chi connectivity index (χ0) is 14.7. The van der Waals surface area contributed by atoms with Gasteiger partial charge in [-0.05, 0) is 26.0 Å². The molecule has 0 spiro atoms. The lowest BCUT2D eigenvalue weighted by atomic mass is 10.2. The highest BCUT2D eigenvalue weighted by molar-refractivity contribution is 6.35. The van der Waals surface area contributed by atoms with Gasteiger partial charge in [0, 0.05) is 18.0 Å². The van der Waals surface area contributed by atoms with Gasteiger partial charge in [0.1, 0.15) is 5.69 Å². The molecular formula is C16H17ClN2O. The maximum atomic E-state index is 12.5. The van der Waals surface area contributed by atoms with Gasteiger partial charge in [-0.15, -0.1) is 6.58 Å². The first kappa shape index (κ1) is 14.5. The van der Waals surface area contributed by atoms with Crippen LogP contribution in [-0.4, -0.2) is 28.4 Å². The minimum atomic E-state index is -0.132. The van der Waals surface area contributed by atoms with Gasteiger partial charge in [-0.3, -0.25) is 4.79 Å². The monoisotopic (exact) mass is 288 g/mol. The topological polar surface area (TPSA) is 33.2 Å². The predicted octanol–water partition coefficient (Wildman–Crippen LogP) is 3.92. The van der Waals surface area contributed by atoms with E-state index in [0.29, 0.717) is 17.3 Å². The van der Waals surface area contributed by atoms with Crippen LogP contribution >= 0.6 is 11.6 Å². The average molecular weight is 289 g/mol. The molecule has 0 saturated carbocycles. The second kappa shape index (κ2) is 6.06. The van der Waals surface area contributed by atoms with Crippen molar-refractivity contribution in [3.63, 3.8) is 0 Å². The highest BCUT2D eigenvalue weighted by Crippen LogP contribution is 2.23. The normalized spacial score (nSPS) is 10.8. The molecule has 1 aromatic carbocycles. The number of aromatic nitrogens is 1. The summed E-state index contributed by atoms with van der Waals surface area (Å²) in [6.45, 7) is 8.10. The van der Waals surface area contributed by atoms with Crippen LogP contribution in [0.3, 0.4) is 0 Å². The second-order valence-corrected chi connectivity index (χ2v) is 5.25. The number of nitrogens with zero attached hydrogens (tertiary/aromatic N) is 2. The number of amides is 1. The fourth-order valence-electron chi connectivity index (χ4n) is 2.06. The van der Waals surface area contributed by atoms with Gasteiger partial charge in [-0.1, -0.05) is 35.9 Å². The van der Waals surface area contributed by atoms with Gasteiger partial charge in [-0.25, -0.2) is 4.98 Å². The van der Waals surface area contributed by atoms with Crippen LogP contribution in [0.5, 0.6) is 0 Å². The Kier molecular flexibility index (Phi) is 4.40. The van der Waals surface area contributed by atoms with Crippen molar-refractivity contribution < 1.29 is 4.79 Å². The van der Waals surface area contributed by atoms with Crippen molar-refractivity contribution in [2.45, 2.75) is 19.9 Å². The number of halogens is 1. The molecule has 0 aliphatic carbocycles. The van der Waals surface area contributed by atoms with Crippen LogP contribution in [-0.2, 0) is 0 Å². The SMILES string of the molecule is C=CCN(C(=O)c1cc(Cl)c2ccccc2n1)C(C)C. The molecule has 3 nitrogen and oxygen atoms in total. The van der Waals surface area contributed by atoms with E-state index in [9.17, 15) is 4.79 Å². The first-order valence-electron chi connectivity index (χ1n) is 6.51. The summed E-state index contributed by atoms with van der Waals surface area (Å²) in [5.41, 5.74) is 1.09. The van der Waals surface area contributed by atoms with Crippen molar-refractivity contribution in [1.29, 1.82) is 0 Å². The molecule has 0 atom stereocenters. The molecular weight excluding hydrogens is 272 g/mol. The summed E-state index contributed by atoms with van der Waals surface area (Å²) < 4.78 is 0. The number of rotatable bonds is 4. The number of fused-ring (bicyclic) bond motifs is 1. The molecule has 4 heteroatoms. The van der Waals surface area contributed by atoms with E-state index in [1.54, 1.807) is 17.0 Å². The van der Waals surface area contributed by atoms with Crippen molar-refractivity contribution in [2.75, 3.05) is 6.54 Å². The van der Waals surface area contributed by atoms with Crippen molar-refractivity contribution in [2.24, 2.45) is 0 Å². The molecule has 0 N–H and O–H groups in total. The third-order valence-corrected chi connectivity index (χ3v) is 3.41. The van der Waals surface area contributed by atoms with Crippen LogP contribution in [0, 0.1) is 0 Å². The number of carbonyl (C=O) groups is 1. The van der Waals surface area contributed by atoms with Gasteiger partial charge in [0.2, 0.25) is 0 Å². The van der Waals surface area contributed by atoms with E-state index in [0.717, 1.165) is 10.9 Å². The minimum Gasteiger partial charge on any atom is -0.331 e. The lowest BCUT2D eigenvalue weighted by Gasteiger charge is -2.25. The van der Waals surface area contributed by atoms with Crippen LogP contribution < -0.4 is 0 Å². The largest absolute Gasteiger partial charge is 0.331 e. The summed E-state index contributed by atoms with van der Waals surface area (Å²) in [7, 11) is 0. The predicted molar refractivity (Wildman–Crippen MR) is 83.1 cm³/mol. The molecule has 2 rings (SSSR count). The molecule has 104 valence electrons. The highest BCUT2D eigenvalue weighted by Gasteiger charge is 2.19. The van der Waals surface area contributed by atoms with E-state index in [1.807, 2.05) is 38.1 Å². The molecule has 0 saturated heterocycles. The van der Waals surface area contributed by atoms with Crippen molar-refractivity contribution in [3.8, 4) is 0 Å². The summed E-state index contributed by atoms with van der Waals surface area (Å²) in [6, 6.07) is 9.23. The van der Waals surface area contributed by atoms with Crippen LogP contribution in [0.1, 0.15) is 24.3 Å². The molecule has 1 amide bonds. The summed E-state index contributed by atoms with van der Waals surface area (Å²) >= 11 is 6.24. The Morgan fingerprint density at radius 1 is 1.45 bits per heavy atom. The highest BCUT2D eigenvalue weighted by atomic mass is 35.5. The molecule has 0 aliphatic rings. The quantitative estimate of drug-likeness (QED) is 0.799. The third-order valence-electron chi connectivity index (χ3n) is 3.09. The maximum Gasteiger partial charge on any atom is 0.273 e. The molecule has 2 aromatic rings. The maximum absolute atomic E-state index is 12.5. The molecule has 0 unspecified atom stereocenters. The Hall–Kier alpha value is -1.87. The first-order valence-corrected chi connectivity index (χ1v) is 6.89. The van der Waals surface area contributed by atoms with Crippen LogP contribution in [0.15, 0.2) is 43.0 Å². The van der Waals surface area contributed by atoms with Gasteiger partial charge >= 0.3 is 0 Å². The Bertz CT molecular complexity index is 652. The fraction of sp³-hybridized carbons (Fsp3) is 0.250. The number of hydrogen-bond donors (Lipinski definition) is 0. The molecule has 1 aromatic heterocycles. The number of pyridine rings is 1. The van der Waals surface area contributed by atoms with Crippen molar-refractivity contribution in [1.82, 2.24) is 9.88 Å². The van der Waals surface area contributed by atoms with Crippen LogP contribution in [0.2, 0.25) is 5.02 Å². The zero-order valence-electron chi connectivity index (χ0n) is 11.6. The first-order chi connectivity index (χ1) is 9.54. The van der Waals surface area contributed by atoms with Gasteiger partial charge in [0.05, 0.1) is 10.5 Å². The van der Waals surface area contributed by atoms with E-state index < -0.39 is 0 Å². The van der Waals surface area contributed by atoms with E-state index in [1.165, 1.54) is 0 Å². The molecule has 0 bridgehead atoms. The average Bonchev–Trinajstić information content (AvgIpc) is 2.43. The number of hydrogen-bond acceptors (Lipinski definition) is 2. The summed E-state index contributed by atoms with van der Waals surface area (Å²) in [5, 5.41) is 1.40. The molecule has 0 fully saturated rings. The molecule has 20 heavy (non-hydrogen) atoms. The van der Waals surface area contributed by atoms with Gasteiger partial charge in [0.25, 0.3) is 5.91 Å². The van der Waals surface area contributed by atoms with E-state index in [2.05, 4.69) is 11.6 Å². The summed E-state index contributed by atoms with van der Waals surface area (Å²) in [4.78, 5) is 18.6. The Morgan fingerprint density at radius 3 is 2.80 bits per heavy atom. The van der Waals surface area contributed by atoms with E-state index in [4.69, 9.17) is 11.6 Å². The van der Waals surface area contributed by atoms with Crippen LogP contribution in [0.4, 0.5) is 0 Å². The molecule has 0 aliphatic heterocycles. The standard InChI is InChI=1S/C16H17ClN2O/c1-4-9-19(11(2)3)16(20)15-10-13(17)12-7-5-6-8-14(12)18-15/h4-8,10-11H,1,9H2,2-3H3. The lowest BCUT2D eigenvalue weighted by molar-refractivity contribution is 0.0723. The smallest absolute Gasteiger partial charge is 0.273 e. The van der Waals surface area contributed by atoms with Gasteiger partial charge < -0.3 is 4.90 Å². The van der Waals surface area contributed by atoms with E-state index >= 15 is 0 Å². The third kappa shape index (κ3) is 2.83. The number of carbonyl (C=O) groups excluding carboxylic acids is 1. The lowest BCUT2D eigenvalue weighted by Crippen LogP contribution is -2.37. The van der Waals surface area contributed by atoms with Gasteiger partial charge in [0.15, 0.2) is 0 Å². The van der Waals surface area contributed by atoms with E-state index in [-0.39, 0.29) is 11.9 Å². The fourth-order valence-corrected chi connectivity index (χ4v) is 2.32. The summed E-state index contributed by atoms with van der Waals surface area (Å²) in [5.74, 6) is -0.132. The van der Waals surface area contributed by atoms with Crippen molar-refractivity contribution in [3.05, 3.63) is 53.7 Å². The van der Waals surface area contributed by atoms with Crippen molar-refractivity contribution >= 4 is 28.4 Å². The number of para-hydroxylation sites is 1. The van der Waals surface area contributed by atoms with Crippen LogP contribution in [0.25, 0.3) is 10.9 Å². The second-order valence-electron chi connectivity index (χ2n) is 4.85.